The van der Waals surface area contributed by atoms with Gasteiger partial charge in [0.25, 0.3) is 0 Å². The van der Waals surface area contributed by atoms with Crippen LogP contribution in [0.4, 0.5) is 5.69 Å². The quantitative estimate of drug-likeness (QED) is 0.281. The third-order valence-electron chi connectivity index (χ3n) is 5.19. The van der Waals surface area contributed by atoms with E-state index in [0.717, 1.165) is 41.2 Å². The maximum Gasteiger partial charge on any atom is 0.164 e. The highest BCUT2D eigenvalue weighted by atomic mass is 32.2. The summed E-state index contributed by atoms with van der Waals surface area (Å²) in [7, 11) is 3.38. The van der Waals surface area contributed by atoms with Gasteiger partial charge in [0.05, 0.1) is 19.9 Å². The summed E-state index contributed by atoms with van der Waals surface area (Å²) in [5.74, 6) is 2.68. The minimum Gasteiger partial charge on any atom is -0.497 e. The molecule has 0 amide bonds. The van der Waals surface area contributed by atoms with Gasteiger partial charge in [-0.3, -0.25) is 0 Å². The van der Waals surface area contributed by atoms with E-state index >= 15 is 0 Å². The van der Waals surface area contributed by atoms with Crippen LogP contribution in [0.2, 0.25) is 0 Å². The second kappa shape index (κ2) is 11.6. The molecule has 3 aromatic carbocycles. The third-order valence-corrected chi connectivity index (χ3v) is 6.09. The lowest BCUT2D eigenvalue weighted by molar-refractivity contribution is 0.405. The summed E-state index contributed by atoms with van der Waals surface area (Å²) in [6.45, 7) is 7.91. The molecule has 0 aliphatic heterocycles. The lowest BCUT2D eigenvalue weighted by Gasteiger charge is -2.26. The summed E-state index contributed by atoms with van der Waals surface area (Å²) in [5, 5.41) is 1.02. The second-order valence-electron chi connectivity index (χ2n) is 7.67. The fourth-order valence-electron chi connectivity index (χ4n) is 3.36. The molecule has 4 nitrogen and oxygen atoms in total. The highest BCUT2D eigenvalue weighted by Gasteiger charge is 2.15. The minimum atomic E-state index is 0.757. The summed E-state index contributed by atoms with van der Waals surface area (Å²) in [6, 6.07) is 22.9. The molecule has 0 atom stereocenters. The lowest BCUT2D eigenvalue weighted by atomic mass is 10.1. The molecule has 0 radical (unpaired) electrons. The number of rotatable bonds is 8. The van der Waals surface area contributed by atoms with Crippen molar-refractivity contribution in [3.63, 3.8) is 0 Å². The Labute approximate surface area is 196 Å². The molecule has 0 saturated heterocycles. The van der Waals surface area contributed by atoms with Crippen LogP contribution in [0.3, 0.4) is 0 Å². The number of aryl methyl sites for hydroxylation is 2. The normalized spacial score (nSPS) is 11.3. The highest BCUT2D eigenvalue weighted by Crippen LogP contribution is 2.26. The van der Waals surface area contributed by atoms with Crippen LogP contribution >= 0.6 is 11.8 Å². The molecule has 0 fully saturated rings. The molecular formula is C27H32N2O2S. The van der Waals surface area contributed by atoms with Gasteiger partial charge in [0.15, 0.2) is 5.17 Å². The van der Waals surface area contributed by atoms with Gasteiger partial charge in [-0.1, -0.05) is 55.1 Å². The molecule has 0 aromatic heterocycles. The first-order chi connectivity index (χ1) is 15.5. The van der Waals surface area contributed by atoms with E-state index in [1.165, 1.54) is 22.3 Å². The average Bonchev–Trinajstić information content (AvgIpc) is 2.81. The van der Waals surface area contributed by atoms with E-state index < -0.39 is 0 Å². The van der Waals surface area contributed by atoms with E-state index in [0.29, 0.717) is 0 Å². The predicted octanol–water partition coefficient (Wildman–Crippen LogP) is 6.76. The molecule has 0 unspecified atom stereocenters. The molecule has 0 bridgehead atoms. The average molecular weight is 449 g/mol. The van der Waals surface area contributed by atoms with Gasteiger partial charge in [-0.2, -0.15) is 0 Å². The number of benzene rings is 3. The summed E-state index contributed by atoms with van der Waals surface area (Å²) in [4.78, 5) is 7.47. The highest BCUT2D eigenvalue weighted by molar-refractivity contribution is 8.13. The molecule has 0 heterocycles. The van der Waals surface area contributed by atoms with E-state index in [4.69, 9.17) is 14.5 Å². The van der Waals surface area contributed by atoms with Gasteiger partial charge in [0.2, 0.25) is 0 Å². The van der Waals surface area contributed by atoms with Crippen molar-refractivity contribution < 1.29 is 9.47 Å². The van der Waals surface area contributed by atoms with Gasteiger partial charge >= 0.3 is 0 Å². The third kappa shape index (κ3) is 6.54. The standard InChI is InChI=1S/C27H32N2O2S/c1-6-32-27(28-26-17-20(2)7-8-21(26)3)29(18-22-9-13-24(30-4)14-10-22)19-23-11-15-25(31-5)16-12-23/h7-17H,6,18-19H2,1-5H3. The van der Waals surface area contributed by atoms with E-state index in [1.807, 2.05) is 24.3 Å². The number of nitrogens with zero attached hydrogens (tertiary/aromatic N) is 2. The number of thioether (sulfide) groups is 1. The van der Waals surface area contributed by atoms with E-state index in [2.05, 4.69) is 68.1 Å². The topological polar surface area (TPSA) is 34.1 Å². The van der Waals surface area contributed by atoms with Gasteiger partial charge in [0, 0.05) is 13.1 Å². The van der Waals surface area contributed by atoms with E-state index in [1.54, 1.807) is 26.0 Å². The fourth-order valence-corrected chi connectivity index (χ4v) is 4.09. The monoisotopic (exact) mass is 448 g/mol. The van der Waals surface area contributed by atoms with Crippen molar-refractivity contribution in [1.82, 2.24) is 4.90 Å². The lowest BCUT2D eigenvalue weighted by Crippen LogP contribution is -2.28. The van der Waals surface area contributed by atoms with Crippen molar-refractivity contribution in [3.05, 3.63) is 89.0 Å². The zero-order valence-corrected chi connectivity index (χ0v) is 20.4. The molecule has 5 heteroatoms. The molecule has 0 saturated carbocycles. The Morgan fingerprint density at radius 3 is 1.81 bits per heavy atom. The first-order valence-corrected chi connectivity index (χ1v) is 11.8. The molecular weight excluding hydrogens is 416 g/mol. The number of aliphatic imine (C=N–C) groups is 1. The fraction of sp³-hybridized carbons (Fsp3) is 0.296. The SMILES string of the molecule is CCSC(=Nc1cc(C)ccc1C)N(Cc1ccc(OC)cc1)Cc1ccc(OC)cc1. The maximum atomic E-state index is 5.33. The van der Waals surface area contributed by atoms with Crippen LogP contribution < -0.4 is 9.47 Å². The van der Waals surface area contributed by atoms with Gasteiger partial charge in [-0.15, -0.1) is 0 Å². The summed E-state index contributed by atoms with van der Waals surface area (Å²) < 4.78 is 10.7. The van der Waals surface area contributed by atoms with Crippen molar-refractivity contribution in [2.24, 2.45) is 4.99 Å². The van der Waals surface area contributed by atoms with E-state index in [9.17, 15) is 0 Å². The largest absolute Gasteiger partial charge is 0.497 e. The smallest absolute Gasteiger partial charge is 0.164 e. The molecule has 3 rings (SSSR count). The number of amidine groups is 1. The molecule has 0 aliphatic carbocycles. The zero-order valence-electron chi connectivity index (χ0n) is 19.6. The maximum absolute atomic E-state index is 5.33. The van der Waals surface area contributed by atoms with Crippen LogP contribution in [0.25, 0.3) is 0 Å². The molecule has 0 spiro atoms. The summed E-state index contributed by atoms with van der Waals surface area (Å²) in [5.41, 5.74) is 5.84. The van der Waals surface area contributed by atoms with Gasteiger partial charge in [-0.25, -0.2) is 4.99 Å². The van der Waals surface area contributed by atoms with Gasteiger partial charge in [0.1, 0.15) is 11.5 Å². The Kier molecular flexibility index (Phi) is 8.63. The van der Waals surface area contributed by atoms with E-state index in [-0.39, 0.29) is 0 Å². The Bertz CT molecular complexity index is 981. The van der Waals surface area contributed by atoms with Crippen LogP contribution in [0, 0.1) is 13.8 Å². The van der Waals surface area contributed by atoms with Crippen LogP contribution in [0.5, 0.6) is 11.5 Å². The van der Waals surface area contributed by atoms with Crippen LogP contribution in [-0.2, 0) is 13.1 Å². The Balaban J connectivity index is 1.97. The molecule has 0 N–H and O–H groups in total. The van der Waals surface area contributed by atoms with Crippen LogP contribution in [-0.4, -0.2) is 30.0 Å². The molecule has 0 aliphatic rings. The first kappa shape index (κ1) is 23.7. The number of methoxy groups -OCH3 is 2. The minimum absolute atomic E-state index is 0.757. The van der Waals surface area contributed by atoms with Crippen molar-refractivity contribution >= 4 is 22.6 Å². The Morgan fingerprint density at radius 2 is 1.34 bits per heavy atom. The Morgan fingerprint density at radius 1 is 0.812 bits per heavy atom. The predicted molar refractivity (Wildman–Crippen MR) is 136 cm³/mol. The number of ether oxygens (including phenoxy) is 2. The molecule has 3 aromatic rings. The summed E-state index contributed by atoms with van der Waals surface area (Å²) in [6.07, 6.45) is 0. The number of hydrogen-bond donors (Lipinski definition) is 0. The van der Waals surface area contributed by atoms with Crippen molar-refractivity contribution in [3.8, 4) is 11.5 Å². The summed E-state index contributed by atoms with van der Waals surface area (Å²) >= 11 is 1.77. The molecule has 32 heavy (non-hydrogen) atoms. The van der Waals surface area contributed by atoms with Crippen LogP contribution in [0.15, 0.2) is 71.7 Å². The van der Waals surface area contributed by atoms with Gasteiger partial charge < -0.3 is 14.4 Å². The van der Waals surface area contributed by atoms with Crippen molar-refractivity contribution in [1.29, 1.82) is 0 Å². The van der Waals surface area contributed by atoms with Crippen molar-refractivity contribution in [2.75, 3.05) is 20.0 Å². The zero-order chi connectivity index (χ0) is 22.9. The Hall–Kier alpha value is -2.92. The molecule has 168 valence electrons. The second-order valence-corrected chi connectivity index (χ2v) is 8.90. The van der Waals surface area contributed by atoms with Gasteiger partial charge in [-0.05, 0) is 72.2 Å². The number of hydrogen-bond acceptors (Lipinski definition) is 4. The van der Waals surface area contributed by atoms with Crippen LogP contribution in [0.1, 0.15) is 29.2 Å². The first-order valence-electron chi connectivity index (χ1n) is 10.8. The van der Waals surface area contributed by atoms with Crippen molar-refractivity contribution in [2.45, 2.75) is 33.9 Å².